The quantitative estimate of drug-likeness (QED) is 0.811. The van der Waals surface area contributed by atoms with Crippen LogP contribution in [0.5, 0.6) is 0 Å². The van der Waals surface area contributed by atoms with Crippen LogP contribution in [-0.4, -0.2) is 27.6 Å². The Hall–Kier alpha value is -1.95. The molecular formula is C13H15N3O2S. The van der Waals surface area contributed by atoms with Gasteiger partial charge < -0.3 is 10.4 Å². The minimum atomic E-state index is -0.794. The highest BCUT2D eigenvalue weighted by molar-refractivity contribution is 7.13. The van der Waals surface area contributed by atoms with Crippen LogP contribution in [0.2, 0.25) is 0 Å². The lowest BCUT2D eigenvalue weighted by Crippen LogP contribution is -2.05. The number of hydrogen-bond acceptors (Lipinski definition) is 5. The molecule has 0 aliphatic carbocycles. The largest absolute Gasteiger partial charge is 0.481 e. The van der Waals surface area contributed by atoms with Crippen molar-refractivity contribution in [3.8, 4) is 0 Å². The molecule has 5 nitrogen and oxygen atoms in total. The van der Waals surface area contributed by atoms with E-state index in [9.17, 15) is 4.79 Å². The zero-order valence-corrected chi connectivity index (χ0v) is 11.2. The van der Waals surface area contributed by atoms with E-state index < -0.39 is 5.97 Å². The highest BCUT2D eigenvalue weighted by Gasteiger charge is 2.04. The van der Waals surface area contributed by atoms with Gasteiger partial charge in [0.1, 0.15) is 0 Å². The van der Waals surface area contributed by atoms with Gasteiger partial charge in [-0.15, -0.1) is 11.3 Å². The predicted octanol–water partition coefficient (Wildman–Crippen LogP) is 2.21. The van der Waals surface area contributed by atoms with Crippen LogP contribution in [0.4, 0.5) is 5.13 Å². The van der Waals surface area contributed by atoms with Gasteiger partial charge in [0, 0.05) is 36.7 Å². The highest BCUT2D eigenvalue weighted by Crippen LogP contribution is 2.16. The van der Waals surface area contributed by atoms with E-state index in [0.29, 0.717) is 6.42 Å². The van der Waals surface area contributed by atoms with Crippen LogP contribution in [0.15, 0.2) is 29.8 Å². The van der Waals surface area contributed by atoms with E-state index in [2.05, 4.69) is 15.3 Å². The van der Waals surface area contributed by atoms with Gasteiger partial charge in [0.25, 0.3) is 0 Å². The highest BCUT2D eigenvalue weighted by atomic mass is 32.1. The van der Waals surface area contributed by atoms with Crippen LogP contribution in [0.25, 0.3) is 0 Å². The first-order valence-corrected chi connectivity index (χ1v) is 6.92. The number of anilines is 1. The Morgan fingerprint density at radius 2 is 2.21 bits per heavy atom. The first kappa shape index (κ1) is 13.5. The van der Waals surface area contributed by atoms with Gasteiger partial charge in [-0.3, -0.25) is 9.78 Å². The summed E-state index contributed by atoms with van der Waals surface area (Å²) in [6, 6.07) is 5.85. The summed E-state index contributed by atoms with van der Waals surface area (Å²) in [6.07, 6.45) is 3.22. The van der Waals surface area contributed by atoms with Crippen LogP contribution < -0.4 is 5.32 Å². The molecule has 0 aromatic carbocycles. The molecule has 2 heterocycles. The number of hydrogen-bond donors (Lipinski definition) is 2. The minimum Gasteiger partial charge on any atom is -0.481 e. The fraction of sp³-hybridized carbons (Fsp3) is 0.308. The van der Waals surface area contributed by atoms with Crippen molar-refractivity contribution >= 4 is 22.4 Å². The SMILES string of the molecule is O=C(O)CCc1csc(NCCc2ccccn2)n1. The van der Waals surface area contributed by atoms with Gasteiger partial charge >= 0.3 is 5.97 Å². The van der Waals surface area contributed by atoms with Crippen LogP contribution in [0.3, 0.4) is 0 Å². The molecule has 0 amide bonds. The third kappa shape index (κ3) is 4.67. The fourth-order valence-electron chi connectivity index (χ4n) is 1.58. The lowest BCUT2D eigenvalue weighted by molar-refractivity contribution is -0.136. The molecule has 0 fully saturated rings. The molecule has 0 radical (unpaired) electrons. The molecule has 0 unspecified atom stereocenters. The molecule has 2 aromatic heterocycles. The van der Waals surface area contributed by atoms with Crippen LogP contribution in [0.1, 0.15) is 17.8 Å². The van der Waals surface area contributed by atoms with Gasteiger partial charge in [0.05, 0.1) is 12.1 Å². The third-order valence-corrected chi connectivity index (χ3v) is 3.38. The molecule has 19 heavy (non-hydrogen) atoms. The number of carboxylic acids is 1. The maximum atomic E-state index is 10.5. The standard InChI is InChI=1S/C13H15N3O2S/c17-12(18)5-4-11-9-19-13(16-11)15-8-6-10-3-1-2-7-14-10/h1-3,7,9H,4-6,8H2,(H,15,16)(H,17,18). The molecule has 2 N–H and O–H groups in total. The fourth-order valence-corrected chi connectivity index (χ4v) is 2.36. The topological polar surface area (TPSA) is 75.1 Å². The summed E-state index contributed by atoms with van der Waals surface area (Å²) in [4.78, 5) is 19.0. The first-order valence-electron chi connectivity index (χ1n) is 6.04. The smallest absolute Gasteiger partial charge is 0.303 e. The Kier molecular flexibility index (Phi) is 4.85. The van der Waals surface area contributed by atoms with Crippen molar-refractivity contribution in [3.05, 3.63) is 41.2 Å². The van der Waals surface area contributed by atoms with E-state index in [0.717, 1.165) is 29.5 Å². The Bertz CT molecular complexity index is 528. The maximum Gasteiger partial charge on any atom is 0.303 e. The van der Waals surface area contributed by atoms with Crippen molar-refractivity contribution in [1.29, 1.82) is 0 Å². The summed E-state index contributed by atoms with van der Waals surface area (Å²) < 4.78 is 0. The number of carboxylic acid groups (broad SMARTS) is 1. The number of aliphatic carboxylic acids is 1. The number of aryl methyl sites for hydroxylation is 1. The normalized spacial score (nSPS) is 10.3. The van der Waals surface area contributed by atoms with Crippen molar-refractivity contribution in [2.24, 2.45) is 0 Å². The number of rotatable bonds is 7. The summed E-state index contributed by atoms with van der Waals surface area (Å²) in [5.74, 6) is -0.794. The van der Waals surface area contributed by atoms with Gasteiger partial charge in [0.2, 0.25) is 0 Å². The molecular weight excluding hydrogens is 262 g/mol. The van der Waals surface area contributed by atoms with Crippen molar-refractivity contribution in [2.45, 2.75) is 19.3 Å². The number of pyridine rings is 1. The van der Waals surface area contributed by atoms with Crippen molar-refractivity contribution in [1.82, 2.24) is 9.97 Å². The Balaban J connectivity index is 1.76. The summed E-state index contributed by atoms with van der Waals surface area (Å²) in [5, 5.41) is 14.5. The molecule has 2 aromatic rings. The Labute approximate surface area is 115 Å². The van der Waals surface area contributed by atoms with E-state index in [1.165, 1.54) is 11.3 Å². The molecule has 0 saturated heterocycles. The molecule has 0 bridgehead atoms. The Morgan fingerprint density at radius 3 is 2.95 bits per heavy atom. The number of nitrogens with zero attached hydrogens (tertiary/aromatic N) is 2. The van der Waals surface area contributed by atoms with Crippen molar-refractivity contribution in [2.75, 3.05) is 11.9 Å². The van der Waals surface area contributed by atoms with Crippen molar-refractivity contribution in [3.63, 3.8) is 0 Å². The summed E-state index contributed by atoms with van der Waals surface area (Å²) in [7, 11) is 0. The first-order chi connectivity index (χ1) is 9.24. The minimum absolute atomic E-state index is 0.122. The number of thiazole rings is 1. The summed E-state index contributed by atoms with van der Waals surface area (Å²) in [5.41, 5.74) is 1.87. The molecule has 0 spiro atoms. The summed E-state index contributed by atoms with van der Waals surface area (Å²) in [6.45, 7) is 0.767. The molecule has 0 aliphatic heterocycles. The Morgan fingerprint density at radius 1 is 1.32 bits per heavy atom. The number of aromatic nitrogens is 2. The third-order valence-electron chi connectivity index (χ3n) is 2.53. The van der Waals surface area contributed by atoms with Gasteiger partial charge in [-0.05, 0) is 12.1 Å². The van der Waals surface area contributed by atoms with Crippen LogP contribution in [0, 0.1) is 0 Å². The second-order valence-electron chi connectivity index (χ2n) is 4.04. The van der Waals surface area contributed by atoms with E-state index in [1.54, 1.807) is 6.20 Å². The molecule has 0 saturated carbocycles. The average Bonchev–Trinajstić information content (AvgIpc) is 2.86. The second kappa shape index (κ2) is 6.84. The lowest BCUT2D eigenvalue weighted by atomic mass is 10.2. The molecule has 100 valence electrons. The number of nitrogens with one attached hydrogen (secondary N) is 1. The van der Waals surface area contributed by atoms with Gasteiger partial charge in [-0.2, -0.15) is 0 Å². The van der Waals surface area contributed by atoms with Crippen LogP contribution >= 0.6 is 11.3 Å². The van der Waals surface area contributed by atoms with Crippen LogP contribution in [-0.2, 0) is 17.6 Å². The molecule has 0 atom stereocenters. The van der Waals surface area contributed by atoms with E-state index in [4.69, 9.17) is 5.11 Å². The van der Waals surface area contributed by atoms with E-state index in [-0.39, 0.29) is 6.42 Å². The van der Waals surface area contributed by atoms with Gasteiger partial charge in [-0.1, -0.05) is 6.07 Å². The summed E-state index contributed by atoms with van der Waals surface area (Å²) >= 11 is 1.50. The average molecular weight is 277 g/mol. The molecule has 0 aliphatic rings. The maximum absolute atomic E-state index is 10.5. The molecule has 2 rings (SSSR count). The van der Waals surface area contributed by atoms with Gasteiger partial charge in [-0.25, -0.2) is 4.98 Å². The predicted molar refractivity (Wildman–Crippen MR) is 74.5 cm³/mol. The van der Waals surface area contributed by atoms with E-state index >= 15 is 0 Å². The van der Waals surface area contributed by atoms with Crippen molar-refractivity contribution < 1.29 is 9.90 Å². The van der Waals surface area contributed by atoms with E-state index in [1.807, 2.05) is 23.6 Å². The number of carbonyl (C=O) groups is 1. The second-order valence-corrected chi connectivity index (χ2v) is 4.89. The zero-order valence-electron chi connectivity index (χ0n) is 10.4. The van der Waals surface area contributed by atoms with Gasteiger partial charge in [0.15, 0.2) is 5.13 Å². The monoisotopic (exact) mass is 277 g/mol. The lowest BCUT2D eigenvalue weighted by Gasteiger charge is -2.01. The zero-order chi connectivity index (χ0) is 13.5. The molecule has 6 heteroatoms.